The third-order valence-corrected chi connectivity index (χ3v) is 5.01. The average Bonchev–Trinajstić information content (AvgIpc) is 2.91. The Morgan fingerprint density at radius 2 is 2.04 bits per heavy atom. The van der Waals surface area contributed by atoms with Crippen molar-refractivity contribution in [2.45, 2.75) is 5.16 Å². The summed E-state index contributed by atoms with van der Waals surface area (Å²) in [6.07, 6.45) is 1.62. The lowest BCUT2D eigenvalue weighted by atomic mass is 10.2. The van der Waals surface area contributed by atoms with Crippen LogP contribution in [-0.2, 0) is 11.8 Å². The molecule has 0 unspecified atom stereocenters. The molecule has 0 radical (unpaired) electrons. The third-order valence-electron chi connectivity index (χ3n) is 3.42. The van der Waals surface area contributed by atoms with Gasteiger partial charge in [-0.15, -0.1) is 0 Å². The van der Waals surface area contributed by atoms with Crippen LogP contribution < -0.4 is 9.99 Å². The van der Waals surface area contributed by atoms with Crippen LogP contribution in [0.3, 0.4) is 0 Å². The lowest BCUT2D eigenvalue weighted by Gasteiger charge is -1.98. The number of aromatic amines is 1. The summed E-state index contributed by atoms with van der Waals surface area (Å²) in [5.41, 5.74) is 5.63. The molecule has 1 amide bonds. The molecule has 0 aliphatic heterocycles. The first-order valence-electron chi connectivity index (χ1n) is 7.30. The number of fused-ring (bicyclic) bond motifs is 1. The monoisotopic (exact) mass is 403 g/mol. The summed E-state index contributed by atoms with van der Waals surface area (Å²) in [7, 11) is 1.98. The number of thioether (sulfide) groups is 1. The van der Waals surface area contributed by atoms with Crippen LogP contribution in [0.15, 0.2) is 63.3 Å². The van der Waals surface area contributed by atoms with Crippen LogP contribution in [0.4, 0.5) is 0 Å². The van der Waals surface area contributed by atoms with Gasteiger partial charge in [0.15, 0.2) is 11.0 Å². The Morgan fingerprint density at radius 3 is 2.79 bits per heavy atom. The first kappa shape index (κ1) is 16.7. The minimum absolute atomic E-state index is 0.146. The zero-order valence-electron chi connectivity index (χ0n) is 13.0. The molecular formula is C17H16BrN4OS+. The van der Waals surface area contributed by atoms with E-state index in [1.165, 1.54) is 11.8 Å². The number of amides is 1. The molecule has 0 atom stereocenters. The smallest absolute Gasteiger partial charge is 0.272 e. The number of imidazole rings is 1. The maximum Gasteiger partial charge on any atom is 0.317 e. The summed E-state index contributed by atoms with van der Waals surface area (Å²) in [5, 5.41) is 4.91. The molecule has 0 saturated heterocycles. The van der Waals surface area contributed by atoms with Crippen molar-refractivity contribution in [3.63, 3.8) is 0 Å². The quantitative estimate of drug-likeness (QED) is 0.297. The van der Waals surface area contributed by atoms with Gasteiger partial charge in [-0.3, -0.25) is 4.79 Å². The number of rotatable bonds is 5. The van der Waals surface area contributed by atoms with E-state index in [0.29, 0.717) is 5.75 Å². The van der Waals surface area contributed by atoms with E-state index in [4.69, 9.17) is 0 Å². The molecule has 2 N–H and O–H groups in total. The number of para-hydroxylation sites is 2. The van der Waals surface area contributed by atoms with E-state index < -0.39 is 0 Å². The predicted molar refractivity (Wildman–Crippen MR) is 100 cm³/mol. The van der Waals surface area contributed by atoms with Gasteiger partial charge in [0, 0.05) is 4.47 Å². The summed E-state index contributed by atoms with van der Waals surface area (Å²) >= 11 is 4.82. The molecule has 1 heterocycles. The Morgan fingerprint density at radius 1 is 1.29 bits per heavy atom. The van der Waals surface area contributed by atoms with E-state index in [9.17, 15) is 4.79 Å². The fraction of sp³-hybridized carbons (Fsp3) is 0.118. The van der Waals surface area contributed by atoms with Gasteiger partial charge in [-0.2, -0.15) is 5.10 Å². The van der Waals surface area contributed by atoms with Gasteiger partial charge in [-0.25, -0.2) is 15.0 Å². The first-order chi connectivity index (χ1) is 11.6. The van der Waals surface area contributed by atoms with E-state index in [1.54, 1.807) is 6.21 Å². The normalized spacial score (nSPS) is 11.2. The second kappa shape index (κ2) is 7.63. The van der Waals surface area contributed by atoms with Gasteiger partial charge in [0.05, 0.1) is 19.0 Å². The Bertz CT molecular complexity index is 889. The van der Waals surface area contributed by atoms with Crippen LogP contribution in [0.1, 0.15) is 5.56 Å². The fourth-order valence-corrected chi connectivity index (χ4v) is 3.28. The minimum Gasteiger partial charge on any atom is -0.272 e. The van der Waals surface area contributed by atoms with Crippen molar-refractivity contribution in [2.75, 3.05) is 5.75 Å². The molecule has 7 heteroatoms. The highest BCUT2D eigenvalue weighted by Gasteiger charge is 2.16. The van der Waals surface area contributed by atoms with Crippen molar-refractivity contribution in [1.29, 1.82) is 0 Å². The van der Waals surface area contributed by atoms with Crippen molar-refractivity contribution >= 4 is 50.8 Å². The summed E-state index contributed by atoms with van der Waals surface area (Å²) in [6, 6.07) is 15.7. The Kier molecular flexibility index (Phi) is 5.32. The number of carbonyl (C=O) groups excluding carboxylic acids is 1. The van der Waals surface area contributed by atoms with Gasteiger partial charge in [-0.05, 0) is 41.6 Å². The third kappa shape index (κ3) is 4.04. The van der Waals surface area contributed by atoms with Crippen molar-refractivity contribution in [3.8, 4) is 0 Å². The second-order valence-corrected chi connectivity index (χ2v) is 7.02. The van der Waals surface area contributed by atoms with Gasteiger partial charge in [-0.1, -0.05) is 40.2 Å². The molecule has 1 aromatic heterocycles. The first-order valence-corrected chi connectivity index (χ1v) is 9.08. The van der Waals surface area contributed by atoms with Crippen LogP contribution in [0.5, 0.6) is 0 Å². The minimum atomic E-state index is -0.146. The summed E-state index contributed by atoms with van der Waals surface area (Å²) < 4.78 is 3.05. The summed E-state index contributed by atoms with van der Waals surface area (Å²) in [6.45, 7) is 0. The molecule has 122 valence electrons. The standard InChI is InChI=1S/C17H15BrN4OS/c1-22-15-5-3-2-4-14(15)20-17(22)24-11-16(23)21-19-10-12-6-8-13(18)9-7-12/h2-10H,11H2,1H3,(H,21,23)/p+1. The Hall–Kier alpha value is -2.12. The number of benzene rings is 2. The number of carbonyl (C=O) groups is 1. The van der Waals surface area contributed by atoms with Crippen LogP contribution in [0.25, 0.3) is 11.0 Å². The topological polar surface area (TPSA) is 61.1 Å². The molecule has 3 aromatic rings. The number of nitrogens with one attached hydrogen (secondary N) is 2. The van der Waals surface area contributed by atoms with Crippen LogP contribution in [0.2, 0.25) is 0 Å². The fourth-order valence-electron chi connectivity index (χ4n) is 2.21. The van der Waals surface area contributed by atoms with Crippen LogP contribution in [0, 0.1) is 0 Å². The van der Waals surface area contributed by atoms with E-state index in [-0.39, 0.29) is 5.91 Å². The molecule has 24 heavy (non-hydrogen) atoms. The molecule has 0 bridgehead atoms. The van der Waals surface area contributed by atoms with E-state index in [0.717, 1.165) is 26.2 Å². The molecule has 0 spiro atoms. The van der Waals surface area contributed by atoms with Crippen LogP contribution >= 0.6 is 27.7 Å². The Balaban J connectivity index is 1.55. The number of hydrogen-bond donors (Lipinski definition) is 2. The molecule has 5 nitrogen and oxygen atoms in total. The zero-order chi connectivity index (χ0) is 16.9. The maximum atomic E-state index is 11.9. The number of hydrazone groups is 1. The van der Waals surface area contributed by atoms with Gasteiger partial charge >= 0.3 is 5.16 Å². The van der Waals surface area contributed by atoms with Gasteiger partial charge in [0.2, 0.25) is 0 Å². The number of nitrogens with zero attached hydrogens (tertiary/aromatic N) is 2. The van der Waals surface area contributed by atoms with E-state index in [1.807, 2.05) is 60.1 Å². The maximum absolute atomic E-state index is 11.9. The highest BCUT2D eigenvalue weighted by molar-refractivity contribution is 9.10. The predicted octanol–water partition coefficient (Wildman–Crippen LogP) is 3.00. The molecule has 3 rings (SSSR count). The number of halogens is 1. The summed E-state index contributed by atoms with van der Waals surface area (Å²) in [4.78, 5) is 15.2. The lowest BCUT2D eigenvalue weighted by molar-refractivity contribution is -0.683. The van der Waals surface area contributed by atoms with Crippen molar-refractivity contribution in [2.24, 2.45) is 12.1 Å². The highest BCUT2D eigenvalue weighted by Crippen LogP contribution is 2.16. The SMILES string of the molecule is C[n+]1c(SCC(=O)NN=Cc2ccc(Br)cc2)[nH]c2ccccc21. The lowest BCUT2D eigenvalue weighted by Crippen LogP contribution is -2.30. The van der Waals surface area contributed by atoms with E-state index >= 15 is 0 Å². The van der Waals surface area contributed by atoms with Gasteiger partial charge in [0.1, 0.15) is 0 Å². The molecule has 2 aromatic carbocycles. The Labute approximate surface area is 152 Å². The number of aromatic nitrogens is 2. The molecule has 0 aliphatic carbocycles. The average molecular weight is 404 g/mol. The highest BCUT2D eigenvalue weighted by atomic mass is 79.9. The largest absolute Gasteiger partial charge is 0.317 e. The van der Waals surface area contributed by atoms with Crippen molar-refractivity contribution < 1.29 is 9.36 Å². The number of hydrogen-bond acceptors (Lipinski definition) is 3. The zero-order valence-corrected chi connectivity index (χ0v) is 15.4. The molecule has 0 aliphatic rings. The molecule has 0 fully saturated rings. The number of H-pyrrole nitrogens is 1. The van der Waals surface area contributed by atoms with Crippen molar-refractivity contribution in [1.82, 2.24) is 10.4 Å². The van der Waals surface area contributed by atoms with Gasteiger partial charge < -0.3 is 0 Å². The van der Waals surface area contributed by atoms with E-state index in [2.05, 4.69) is 31.4 Å². The summed E-state index contributed by atoms with van der Waals surface area (Å²) in [5.74, 6) is 0.144. The molecule has 0 saturated carbocycles. The van der Waals surface area contributed by atoms with Crippen LogP contribution in [-0.4, -0.2) is 22.9 Å². The number of aryl methyl sites for hydroxylation is 1. The molecular weight excluding hydrogens is 388 g/mol. The van der Waals surface area contributed by atoms with Gasteiger partial charge in [0.25, 0.3) is 5.91 Å². The second-order valence-electron chi connectivity index (χ2n) is 5.14. The van der Waals surface area contributed by atoms with Crippen molar-refractivity contribution in [3.05, 3.63) is 58.6 Å².